The summed E-state index contributed by atoms with van der Waals surface area (Å²) in [5.41, 5.74) is 2.44. The van der Waals surface area contributed by atoms with Gasteiger partial charge in [-0.3, -0.25) is 9.59 Å². The Morgan fingerprint density at radius 2 is 1.71 bits per heavy atom. The van der Waals surface area contributed by atoms with E-state index in [9.17, 15) is 18.8 Å². The number of carbonyl (C=O) groups is 3. The molecule has 0 aliphatic rings. The number of amides is 2. The van der Waals surface area contributed by atoms with Crippen LogP contribution in [-0.2, 0) is 14.3 Å². The van der Waals surface area contributed by atoms with Gasteiger partial charge in [0.25, 0.3) is 5.91 Å². The van der Waals surface area contributed by atoms with Crippen LogP contribution in [0.15, 0.2) is 36.4 Å². The number of carbonyl (C=O) groups excluding carboxylic acids is 3. The average molecular weight is 388 g/mol. The van der Waals surface area contributed by atoms with E-state index in [2.05, 4.69) is 10.6 Å². The van der Waals surface area contributed by atoms with Crippen LogP contribution in [0.5, 0.6) is 5.75 Å². The highest BCUT2D eigenvalue weighted by Gasteiger charge is 2.14. The third-order valence-electron chi connectivity index (χ3n) is 3.91. The highest BCUT2D eigenvalue weighted by molar-refractivity contribution is 5.96. The first-order chi connectivity index (χ1) is 13.3. The third-order valence-corrected chi connectivity index (χ3v) is 3.91. The Hall–Kier alpha value is -3.42. The van der Waals surface area contributed by atoms with Gasteiger partial charge in [0.05, 0.1) is 19.2 Å². The van der Waals surface area contributed by atoms with Crippen LogP contribution in [0.4, 0.5) is 10.1 Å². The highest BCUT2D eigenvalue weighted by Crippen LogP contribution is 2.19. The van der Waals surface area contributed by atoms with Gasteiger partial charge < -0.3 is 20.1 Å². The van der Waals surface area contributed by atoms with Gasteiger partial charge in [-0.05, 0) is 43.2 Å². The standard InChI is InChI=1S/C20H21FN2O5/c1-12-5-4-6-13(2)19(12)23-17(24)10-22-18(25)11-28-20(26)14-7-8-16(27-3)15(21)9-14/h4-9H,10-11H2,1-3H3,(H,22,25)(H,23,24). The van der Waals surface area contributed by atoms with Gasteiger partial charge in [-0.2, -0.15) is 0 Å². The van der Waals surface area contributed by atoms with Gasteiger partial charge in [0.1, 0.15) is 0 Å². The summed E-state index contributed by atoms with van der Waals surface area (Å²) in [6.07, 6.45) is 0. The molecule has 2 rings (SSSR count). The first-order valence-electron chi connectivity index (χ1n) is 8.45. The van der Waals surface area contributed by atoms with Crippen molar-refractivity contribution in [1.82, 2.24) is 5.32 Å². The lowest BCUT2D eigenvalue weighted by Crippen LogP contribution is -2.35. The Labute approximate surface area is 161 Å². The van der Waals surface area contributed by atoms with Gasteiger partial charge in [0.2, 0.25) is 5.91 Å². The van der Waals surface area contributed by atoms with E-state index in [-0.39, 0.29) is 17.9 Å². The van der Waals surface area contributed by atoms with Crippen molar-refractivity contribution < 1.29 is 28.2 Å². The van der Waals surface area contributed by atoms with Crippen LogP contribution < -0.4 is 15.4 Å². The second-order valence-corrected chi connectivity index (χ2v) is 6.02. The summed E-state index contributed by atoms with van der Waals surface area (Å²) >= 11 is 0. The van der Waals surface area contributed by atoms with Crippen molar-refractivity contribution in [3.05, 3.63) is 58.9 Å². The molecule has 0 spiro atoms. The number of esters is 1. The number of halogens is 1. The fraction of sp³-hybridized carbons (Fsp3) is 0.250. The smallest absolute Gasteiger partial charge is 0.338 e. The number of methoxy groups -OCH3 is 1. The molecule has 0 saturated carbocycles. The maximum absolute atomic E-state index is 13.6. The predicted molar refractivity (Wildman–Crippen MR) is 101 cm³/mol. The average Bonchev–Trinajstić information content (AvgIpc) is 2.67. The van der Waals surface area contributed by atoms with Crippen molar-refractivity contribution in [1.29, 1.82) is 0 Å². The molecule has 0 aliphatic heterocycles. The summed E-state index contributed by atoms with van der Waals surface area (Å²) in [5.74, 6) is -2.65. The first kappa shape index (κ1) is 20.9. The Morgan fingerprint density at radius 3 is 2.32 bits per heavy atom. The second-order valence-electron chi connectivity index (χ2n) is 6.02. The molecular weight excluding hydrogens is 367 g/mol. The van der Waals surface area contributed by atoms with Crippen LogP contribution in [-0.4, -0.2) is 38.0 Å². The van der Waals surface area contributed by atoms with Crippen LogP contribution in [0, 0.1) is 19.7 Å². The number of anilines is 1. The van der Waals surface area contributed by atoms with Gasteiger partial charge >= 0.3 is 5.97 Å². The molecule has 0 heterocycles. The lowest BCUT2D eigenvalue weighted by molar-refractivity contribution is -0.126. The molecule has 2 aromatic rings. The molecule has 7 nitrogen and oxygen atoms in total. The molecule has 0 unspecified atom stereocenters. The van der Waals surface area contributed by atoms with Crippen molar-refractivity contribution in [2.24, 2.45) is 0 Å². The monoisotopic (exact) mass is 388 g/mol. The van der Waals surface area contributed by atoms with Crippen LogP contribution in [0.3, 0.4) is 0 Å². The SMILES string of the molecule is COc1ccc(C(=O)OCC(=O)NCC(=O)Nc2c(C)cccc2C)cc1F. The van der Waals surface area contributed by atoms with E-state index < -0.39 is 30.2 Å². The number of nitrogens with one attached hydrogen (secondary N) is 2. The fourth-order valence-corrected chi connectivity index (χ4v) is 2.43. The third kappa shape index (κ3) is 5.54. The van der Waals surface area contributed by atoms with E-state index in [1.807, 2.05) is 32.0 Å². The number of rotatable bonds is 7. The number of hydrogen-bond donors (Lipinski definition) is 2. The first-order valence-corrected chi connectivity index (χ1v) is 8.45. The lowest BCUT2D eigenvalue weighted by atomic mass is 10.1. The molecule has 148 valence electrons. The minimum Gasteiger partial charge on any atom is -0.494 e. The number of para-hydroxylation sites is 1. The zero-order valence-electron chi connectivity index (χ0n) is 15.8. The minimum absolute atomic E-state index is 0.0100. The Morgan fingerprint density at radius 1 is 1.04 bits per heavy atom. The van der Waals surface area contributed by atoms with Gasteiger partial charge in [0.15, 0.2) is 18.2 Å². The lowest BCUT2D eigenvalue weighted by Gasteiger charge is -2.12. The number of benzene rings is 2. The summed E-state index contributed by atoms with van der Waals surface area (Å²) in [6, 6.07) is 9.16. The number of hydrogen-bond acceptors (Lipinski definition) is 5. The molecule has 0 saturated heterocycles. The summed E-state index contributed by atoms with van der Waals surface area (Å²) in [5, 5.41) is 5.08. The summed E-state index contributed by atoms with van der Waals surface area (Å²) in [4.78, 5) is 35.6. The fourth-order valence-electron chi connectivity index (χ4n) is 2.43. The van der Waals surface area contributed by atoms with Crippen molar-refractivity contribution in [2.75, 3.05) is 25.6 Å². The quantitative estimate of drug-likeness (QED) is 0.711. The molecule has 28 heavy (non-hydrogen) atoms. The van der Waals surface area contributed by atoms with Gasteiger partial charge in [-0.1, -0.05) is 18.2 Å². The molecule has 0 aliphatic carbocycles. The molecule has 2 amide bonds. The van der Waals surface area contributed by atoms with Crippen LogP contribution in [0.2, 0.25) is 0 Å². The zero-order valence-corrected chi connectivity index (χ0v) is 15.8. The van der Waals surface area contributed by atoms with Gasteiger partial charge in [0, 0.05) is 5.69 Å². The van der Waals surface area contributed by atoms with Crippen molar-refractivity contribution in [3.8, 4) is 5.75 Å². The number of ether oxygens (including phenoxy) is 2. The molecule has 0 fully saturated rings. The molecule has 8 heteroatoms. The summed E-state index contributed by atoms with van der Waals surface area (Å²) in [6.45, 7) is 2.86. The van der Waals surface area contributed by atoms with E-state index in [1.54, 1.807) is 0 Å². The van der Waals surface area contributed by atoms with E-state index in [1.165, 1.54) is 19.2 Å². The van der Waals surface area contributed by atoms with Crippen molar-refractivity contribution in [3.63, 3.8) is 0 Å². The predicted octanol–water partition coefficient (Wildman–Crippen LogP) is 2.36. The van der Waals surface area contributed by atoms with Crippen LogP contribution in [0.1, 0.15) is 21.5 Å². The molecule has 2 aromatic carbocycles. The Bertz CT molecular complexity index is 878. The summed E-state index contributed by atoms with van der Waals surface area (Å²) in [7, 11) is 1.30. The minimum atomic E-state index is -0.864. The van der Waals surface area contributed by atoms with E-state index >= 15 is 0 Å². The molecule has 0 radical (unpaired) electrons. The van der Waals surface area contributed by atoms with Crippen molar-refractivity contribution >= 4 is 23.5 Å². The zero-order chi connectivity index (χ0) is 20.7. The largest absolute Gasteiger partial charge is 0.494 e. The maximum atomic E-state index is 13.6. The van der Waals surface area contributed by atoms with Gasteiger partial charge in [-0.25, -0.2) is 9.18 Å². The van der Waals surface area contributed by atoms with E-state index in [4.69, 9.17) is 9.47 Å². The molecule has 0 aromatic heterocycles. The van der Waals surface area contributed by atoms with Gasteiger partial charge in [-0.15, -0.1) is 0 Å². The Kier molecular flexibility index (Phi) is 7.08. The van der Waals surface area contributed by atoms with E-state index in [0.717, 1.165) is 17.2 Å². The second kappa shape index (κ2) is 9.50. The van der Waals surface area contributed by atoms with E-state index in [0.29, 0.717) is 5.69 Å². The summed E-state index contributed by atoms with van der Waals surface area (Å²) < 4.78 is 23.2. The highest BCUT2D eigenvalue weighted by atomic mass is 19.1. The maximum Gasteiger partial charge on any atom is 0.338 e. The Balaban J connectivity index is 1.80. The molecule has 2 N–H and O–H groups in total. The number of aryl methyl sites for hydroxylation is 2. The molecule has 0 bridgehead atoms. The molecule has 0 atom stereocenters. The topological polar surface area (TPSA) is 93.7 Å². The van der Waals surface area contributed by atoms with Crippen molar-refractivity contribution in [2.45, 2.75) is 13.8 Å². The van der Waals surface area contributed by atoms with Crippen LogP contribution in [0.25, 0.3) is 0 Å². The molecular formula is C20H21FN2O5. The normalized spacial score (nSPS) is 10.1. The van der Waals surface area contributed by atoms with Crippen LogP contribution >= 0.6 is 0 Å².